The Labute approximate surface area is 153 Å². The lowest BCUT2D eigenvalue weighted by Crippen LogP contribution is -2.07. The fourth-order valence-corrected chi connectivity index (χ4v) is 2.73. The third-order valence-corrected chi connectivity index (χ3v) is 4.22. The van der Waals surface area contributed by atoms with E-state index in [0.717, 1.165) is 11.6 Å². The molecule has 3 aromatic rings. The van der Waals surface area contributed by atoms with E-state index < -0.39 is 11.9 Å². The maximum atomic E-state index is 13.9. The number of nitrogens with one attached hydrogen (secondary N) is 1. The van der Waals surface area contributed by atoms with Gasteiger partial charge in [-0.15, -0.1) is 0 Å². The summed E-state index contributed by atoms with van der Waals surface area (Å²) in [5.74, 6) is -0.293. The van der Waals surface area contributed by atoms with E-state index in [1.165, 1.54) is 16.9 Å². The minimum absolute atomic E-state index is 0.282. The number of alkyl halides is 3. The summed E-state index contributed by atoms with van der Waals surface area (Å²) in [5.41, 5.74) is 1.76. The van der Waals surface area contributed by atoms with Crippen molar-refractivity contribution >= 4 is 5.69 Å². The summed E-state index contributed by atoms with van der Waals surface area (Å²) in [5, 5.41) is 6.66. The van der Waals surface area contributed by atoms with E-state index in [0.29, 0.717) is 29.2 Å². The molecule has 0 spiro atoms. The molecule has 0 saturated carbocycles. The van der Waals surface area contributed by atoms with Gasteiger partial charge in [0.05, 0.1) is 23.3 Å². The quantitative estimate of drug-likeness (QED) is 0.632. The molecule has 8 heteroatoms. The van der Waals surface area contributed by atoms with Gasteiger partial charge in [-0.1, -0.05) is 12.1 Å². The van der Waals surface area contributed by atoms with Gasteiger partial charge in [0.2, 0.25) is 0 Å². The van der Waals surface area contributed by atoms with Crippen LogP contribution in [0.1, 0.15) is 23.7 Å². The van der Waals surface area contributed by atoms with E-state index in [2.05, 4.69) is 15.4 Å². The van der Waals surface area contributed by atoms with E-state index >= 15 is 0 Å². The summed E-state index contributed by atoms with van der Waals surface area (Å²) in [4.78, 5) is 4.23. The van der Waals surface area contributed by atoms with Crippen LogP contribution in [-0.4, -0.2) is 14.8 Å². The molecule has 0 aliphatic rings. The minimum atomic E-state index is -4.51. The van der Waals surface area contributed by atoms with Crippen LogP contribution in [0.3, 0.4) is 0 Å². The van der Waals surface area contributed by atoms with E-state index in [9.17, 15) is 17.6 Å². The normalized spacial score (nSPS) is 11.6. The van der Waals surface area contributed by atoms with Crippen molar-refractivity contribution < 1.29 is 17.6 Å². The van der Waals surface area contributed by atoms with Crippen LogP contribution in [0.15, 0.2) is 42.6 Å². The van der Waals surface area contributed by atoms with Gasteiger partial charge in [-0.25, -0.2) is 4.39 Å². The predicted octanol–water partition coefficient (Wildman–Crippen LogP) is 5.04. The molecule has 142 valence electrons. The molecule has 0 saturated heterocycles. The Bertz CT molecular complexity index is 910. The molecule has 3 rings (SSSR count). The minimum Gasteiger partial charge on any atom is -0.380 e. The molecule has 0 bridgehead atoms. The molecule has 0 atom stereocenters. The Morgan fingerprint density at radius 1 is 1.15 bits per heavy atom. The zero-order chi connectivity index (χ0) is 19.6. The number of hydrogen-bond acceptors (Lipinski definition) is 3. The molecule has 0 fully saturated rings. The van der Waals surface area contributed by atoms with Crippen molar-refractivity contribution in [1.82, 2.24) is 14.8 Å². The van der Waals surface area contributed by atoms with Crippen LogP contribution >= 0.6 is 0 Å². The smallest absolute Gasteiger partial charge is 0.380 e. The number of anilines is 1. The number of nitrogens with zero attached hydrogens (tertiary/aromatic N) is 3. The fraction of sp³-hybridized carbons (Fsp3) is 0.263. The van der Waals surface area contributed by atoms with Crippen molar-refractivity contribution in [3.8, 4) is 11.4 Å². The van der Waals surface area contributed by atoms with Crippen LogP contribution in [0.2, 0.25) is 0 Å². The van der Waals surface area contributed by atoms with Crippen LogP contribution < -0.4 is 5.32 Å². The highest BCUT2D eigenvalue weighted by molar-refractivity contribution is 5.58. The average Bonchev–Trinajstić information content (AvgIpc) is 3.06. The maximum absolute atomic E-state index is 13.9. The number of rotatable bonds is 5. The number of hydrogen-bond donors (Lipinski definition) is 1. The van der Waals surface area contributed by atoms with Crippen molar-refractivity contribution in [2.24, 2.45) is 0 Å². The lowest BCUT2D eigenvalue weighted by atomic mass is 10.1. The van der Waals surface area contributed by atoms with Crippen molar-refractivity contribution in [2.45, 2.75) is 33.1 Å². The van der Waals surface area contributed by atoms with Gasteiger partial charge in [0, 0.05) is 18.7 Å². The largest absolute Gasteiger partial charge is 0.435 e. The summed E-state index contributed by atoms with van der Waals surface area (Å²) in [7, 11) is 0. The molecule has 0 aliphatic heterocycles. The first kappa shape index (κ1) is 18.9. The first-order chi connectivity index (χ1) is 12.8. The Morgan fingerprint density at radius 2 is 1.93 bits per heavy atom. The SMILES string of the molecule is CCn1nc(C(F)(F)F)cc1-c1ccc(NCc2c(C)cccc2F)cn1. The van der Waals surface area contributed by atoms with Gasteiger partial charge in [-0.3, -0.25) is 9.67 Å². The Morgan fingerprint density at radius 3 is 2.52 bits per heavy atom. The molecule has 2 aromatic heterocycles. The topological polar surface area (TPSA) is 42.7 Å². The van der Waals surface area contributed by atoms with E-state index in [4.69, 9.17) is 0 Å². The molecule has 27 heavy (non-hydrogen) atoms. The lowest BCUT2D eigenvalue weighted by Gasteiger charge is -2.10. The standard InChI is InChI=1S/C19H18F4N4/c1-3-27-17(9-18(26-27)19(21,22)23)16-8-7-13(10-25-16)24-11-14-12(2)5-4-6-15(14)20/h4-10,24H,3,11H2,1-2H3. The Balaban J connectivity index is 1.79. The van der Waals surface area contributed by atoms with Crippen LogP contribution in [-0.2, 0) is 19.3 Å². The van der Waals surface area contributed by atoms with Crippen molar-refractivity contribution in [3.63, 3.8) is 0 Å². The summed E-state index contributed by atoms with van der Waals surface area (Å²) in [6.45, 7) is 4.11. The zero-order valence-electron chi connectivity index (χ0n) is 14.8. The van der Waals surface area contributed by atoms with Gasteiger partial charge in [-0.05, 0) is 43.7 Å². The molecule has 1 aromatic carbocycles. The lowest BCUT2D eigenvalue weighted by molar-refractivity contribution is -0.141. The number of halogens is 4. The first-order valence-corrected chi connectivity index (χ1v) is 8.39. The molecule has 0 radical (unpaired) electrons. The second-order valence-corrected chi connectivity index (χ2v) is 6.05. The zero-order valence-corrected chi connectivity index (χ0v) is 14.8. The number of pyridine rings is 1. The summed E-state index contributed by atoms with van der Waals surface area (Å²) in [6, 6.07) is 9.16. The molecular weight excluding hydrogens is 360 g/mol. The van der Waals surface area contributed by atoms with Crippen molar-refractivity contribution in [3.05, 3.63) is 65.2 Å². The van der Waals surface area contributed by atoms with Gasteiger partial charge < -0.3 is 5.32 Å². The van der Waals surface area contributed by atoms with Gasteiger partial charge in [0.15, 0.2) is 5.69 Å². The van der Waals surface area contributed by atoms with Gasteiger partial charge in [0.1, 0.15) is 5.82 Å². The highest BCUT2D eigenvalue weighted by Gasteiger charge is 2.35. The third kappa shape index (κ3) is 4.10. The average molecular weight is 378 g/mol. The van der Waals surface area contributed by atoms with Crippen LogP contribution in [0.25, 0.3) is 11.4 Å². The molecule has 0 aliphatic carbocycles. The highest BCUT2D eigenvalue weighted by atomic mass is 19.4. The maximum Gasteiger partial charge on any atom is 0.435 e. The molecular formula is C19H18F4N4. The first-order valence-electron chi connectivity index (χ1n) is 8.39. The summed E-state index contributed by atoms with van der Waals surface area (Å²) < 4.78 is 53.8. The van der Waals surface area contributed by atoms with E-state index in [1.54, 1.807) is 25.1 Å². The monoisotopic (exact) mass is 378 g/mol. The Hall–Kier alpha value is -2.90. The number of benzene rings is 1. The van der Waals surface area contributed by atoms with E-state index in [-0.39, 0.29) is 12.4 Å². The van der Waals surface area contributed by atoms with Gasteiger partial charge in [0.25, 0.3) is 0 Å². The van der Waals surface area contributed by atoms with Crippen molar-refractivity contribution in [1.29, 1.82) is 0 Å². The second kappa shape index (κ2) is 7.38. The molecule has 0 unspecified atom stereocenters. The Kier molecular flexibility index (Phi) is 5.16. The van der Waals surface area contributed by atoms with Crippen LogP contribution in [0.4, 0.5) is 23.2 Å². The number of aromatic nitrogens is 3. The summed E-state index contributed by atoms with van der Waals surface area (Å²) >= 11 is 0. The fourth-order valence-electron chi connectivity index (χ4n) is 2.73. The second-order valence-electron chi connectivity index (χ2n) is 6.05. The molecule has 0 amide bonds. The van der Waals surface area contributed by atoms with Crippen molar-refractivity contribution in [2.75, 3.05) is 5.32 Å². The molecule has 4 nitrogen and oxygen atoms in total. The molecule has 1 N–H and O–H groups in total. The number of aryl methyl sites for hydroxylation is 2. The third-order valence-electron chi connectivity index (χ3n) is 4.22. The molecule has 2 heterocycles. The van der Waals surface area contributed by atoms with Crippen LogP contribution in [0, 0.1) is 12.7 Å². The predicted molar refractivity (Wildman–Crippen MR) is 94.6 cm³/mol. The van der Waals surface area contributed by atoms with Gasteiger partial charge >= 0.3 is 6.18 Å². The van der Waals surface area contributed by atoms with E-state index in [1.807, 2.05) is 13.0 Å². The highest BCUT2D eigenvalue weighted by Crippen LogP contribution is 2.31. The van der Waals surface area contributed by atoms with Crippen LogP contribution in [0.5, 0.6) is 0 Å². The van der Waals surface area contributed by atoms with Gasteiger partial charge in [-0.2, -0.15) is 18.3 Å². The summed E-state index contributed by atoms with van der Waals surface area (Å²) in [6.07, 6.45) is -3.00.